The Hall–Kier alpha value is -1.26. The summed E-state index contributed by atoms with van der Waals surface area (Å²) in [4.78, 5) is 12.6. The molecule has 0 spiro atoms. The van der Waals surface area contributed by atoms with Crippen LogP contribution < -0.4 is 4.74 Å². The molecule has 1 atom stereocenters. The molecule has 0 heterocycles. The molecule has 1 aromatic rings. The van der Waals surface area contributed by atoms with Gasteiger partial charge in [0, 0.05) is 6.54 Å². The van der Waals surface area contributed by atoms with Gasteiger partial charge in [-0.25, -0.2) is 0 Å². The number of halogens is 1. The molecule has 5 heteroatoms. The smallest absolute Gasteiger partial charge is 0.320 e. The number of carboxylic acid groups (broad SMARTS) is 1. The Morgan fingerprint density at radius 3 is 2.39 bits per heavy atom. The Bertz CT molecular complexity index is 367. The molecule has 0 bridgehead atoms. The number of hydrogen-bond donors (Lipinski definition) is 1. The Kier molecular flexibility index (Phi) is 7.39. The minimum absolute atomic E-state index is 0. The molecule has 0 aliphatic carbocycles. The molecule has 0 fully saturated rings. The molecular weight excluding hydrogens is 254 g/mol. The number of nitrogens with zero attached hydrogens (tertiary/aromatic N) is 1. The molecule has 0 saturated carbocycles. The lowest BCUT2D eigenvalue weighted by Crippen LogP contribution is -2.37. The predicted molar refractivity (Wildman–Crippen MR) is 73.7 cm³/mol. The van der Waals surface area contributed by atoms with Gasteiger partial charge in [-0.2, -0.15) is 0 Å². The monoisotopic (exact) mass is 273 g/mol. The van der Waals surface area contributed by atoms with E-state index >= 15 is 0 Å². The number of rotatable bonds is 6. The highest BCUT2D eigenvalue weighted by Crippen LogP contribution is 2.12. The zero-order valence-corrected chi connectivity index (χ0v) is 11.7. The lowest BCUT2D eigenvalue weighted by atomic mass is 10.1. The summed E-state index contributed by atoms with van der Waals surface area (Å²) in [7, 11) is 3.46. The van der Waals surface area contributed by atoms with Gasteiger partial charge in [0.1, 0.15) is 11.8 Å². The van der Waals surface area contributed by atoms with Crippen LogP contribution in [-0.4, -0.2) is 42.7 Å². The topological polar surface area (TPSA) is 49.8 Å². The molecule has 18 heavy (non-hydrogen) atoms. The summed E-state index contributed by atoms with van der Waals surface area (Å²) in [6.45, 7) is 2.41. The van der Waals surface area contributed by atoms with Crippen molar-refractivity contribution >= 4 is 18.4 Å². The molecule has 0 saturated heterocycles. The molecule has 1 N–H and O–H groups in total. The third-order valence-corrected chi connectivity index (χ3v) is 2.93. The number of carboxylic acids is 1. The summed E-state index contributed by atoms with van der Waals surface area (Å²) in [6, 6.07) is 7.37. The highest BCUT2D eigenvalue weighted by Gasteiger charge is 2.15. The third kappa shape index (κ3) is 4.94. The summed E-state index contributed by atoms with van der Waals surface area (Å²) in [5.41, 5.74) is 1.18. The summed E-state index contributed by atoms with van der Waals surface area (Å²) >= 11 is 0. The fourth-order valence-electron chi connectivity index (χ4n) is 1.48. The zero-order chi connectivity index (χ0) is 12.8. The average molecular weight is 274 g/mol. The van der Waals surface area contributed by atoms with Gasteiger partial charge in [0.05, 0.1) is 7.11 Å². The molecule has 1 unspecified atom stereocenters. The first-order chi connectivity index (χ1) is 8.04. The minimum atomic E-state index is -0.790. The second-order valence-electron chi connectivity index (χ2n) is 4.09. The second-order valence-corrected chi connectivity index (χ2v) is 4.09. The van der Waals surface area contributed by atoms with Crippen LogP contribution in [0.15, 0.2) is 24.3 Å². The van der Waals surface area contributed by atoms with E-state index in [-0.39, 0.29) is 12.4 Å². The van der Waals surface area contributed by atoms with Crippen LogP contribution in [0.25, 0.3) is 0 Å². The van der Waals surface area contributed by atoms with Crippen molar-refractivity contribution in [3.63, 3.8) is 0 Å². The standard InChI is InChI=1S/C13H19NO3.ClH/c1-10(13(15)16)14(2)9-8-11-4-6-12(17-3)7-5-11;/h4-7,10H,8-9H2,1-3H3,(H,15,16);1H. The summed E-state index contributed by atoms with van der Waals surface area (Å²) in [5.74, 6) is 0.0447. The van der Waals surface area contributed by atoms with Gasteiger partial charge in [0.25, 0.3) is 0 Å². The van der Waals surface area contributed by atoms with Crippen LogP contribution in [0.2, 0.25) is 0 Å². The Balaban J connectivity index is 0.00000289. The van der Waals surface area contributed by atoms with E-state index in [0.29, 0.717) is 0 Å². The van der Waals surface area contributed by atoms with Gasteiger partial charge in [0.2, 0.25) is 0 Å². The minimum Gasteiger partial charge on any atom is -0.497 e. The van der Waals surface area contributed by atoms with E-state index in [0.717, 1.165) is 18.7 Å². The summed E-state index contributed by atoms with van der Waals surface area (Å²) in [5, 5.41) is 8.86. The van der Waals surface area contributed by atoms with Crippen molar-refractivity contribution in [3.05, 3.63) is 29.8 Å². The van der Waals surface area contributed by atoms with Crippen molar-refractivity contribution in [2.24, 2.45) is 0 Å². The average Bonchev–Trinajstić information content (AvgIpc) is 2.35. The van der Waals surface area contributed by atoms with Crippen molar-refractivity contribution in [1.82, 2.24) is 4.90 Å². The van der Waals surface area contributed by atoms with E-state index in [4.69, 9.17) is 9.84 Å². The van der Waals surface area contributed by atoms with Crippen molar-refractivity contribution in [2.75, 3.05) is 20.7 Å². The number of hydrogen-bond acceptors (Lipinski definition) is 3. The molecule has 0 aliphatic heterocycles. The molecule has 0 aromatic heterocycles. The van der Waals surface area contributed by atoms with Crippen LogP contribution in [0.1, 0.15) is 12.5 Å². The second kappa shape index (κ2) is 7.95. The van der Waals surface area contributed by atoms with Crippen LogP contribution in [-0.2, 0) is 11.2 Å². The van der Waals surface area contributed by atoms with Crippen molar-refractivity contribution in [1.29, 1.82) is 0 Å². The van der Waals surface area contributed by atoms with Gasteiger partial charge < -0.3 is 9.84 Å². The Labute approximate surface area is 114 Å². The predicted octanol–water partition coefficient (Wildman–Crippen LogP) is 2.06. The number of methoxy groups -OCH3 is 1. The third-order valence-electron chi connectivity index (χ3n) is 2.93. The highest BCUT2D eigenvalue weighted by atomic mass is 35.5. The fourth-order valence-corrected chi connectivity index (χ4v) is 1.48. The first kappa shape index (κ1) is 16.7. The number of likely N-dealkylation sites (N-methyl/N-ethyl adjacent to an activating group) is 1. The lowest BCUT2D eigenvalue weighted by Gasteiger charge is -2.20. The molecular formula is C13H20ClNO3. The van der Waals surface area contributed by atoms with Crippen molar-refractivity contribution < 1.29 is 14.6 Å². The number of ether oxygens (including phenoxy) is 1. The van der Waals surface area contributed by atoms with Crippen LogP contribution in [0.5, 0.6) is 5.75 Å². The quantitative estimate of drug-likeness (QED) is 0.862. The largest absolute Gasteiger partial charge is 0.497 e. The number of benzene rings is 1. The van der Waals surface area contributed by atoms with Gasteiger partial charge >= 0.3 is 5.97 Å². The Morgan fingerprint density at radius 1 is 1.39 bits per heavy atom. The van der Waals surface area contributed by atoms with Crippen molar-refractivity contribution in [3.8, 4) is 5.75 Å². The molecule has 0 amide bonds. The number of aliphatic carboxylic acids is 1. The first-order valence-electron chi connectivity index (χ1n) is 5.60. The van der Waals surface area contributed by atoms with E-state index in [9.17, 15) is 4.79 Å². The molecule has 1 rings (SSSR count). The van der Waals surface area contributed by atoms with Gasteiger partial charge in [-0.05, 0) is 38.1 Å². The molecule has 102 valence electrons. The van der Waals surface area contributed by atoms with Crippen LogP contribution >= 0.6 is 12.4 Å². The van der Waals surface area contributed by atoms with E-state index in [1.807, 2.05) is 36.2 Å². The first-order valence-corrected chi connectivity index (χ1v) is 5.60. The van der Waals surface area contributed by atoms with Crippen molar-refractivity contribution in [2.45, 2.75) is 19.4 Å². The molecule has 4 nitrogen and oxygen atoms in total. The van der Waals surface area contributed by atoms with Gasteiger partial charge in [-0.3, -0.25) is 9.69 Å². The van der Waals surface area contributed by atoms with E-state index < -0.39 is 12.0 Å². The molecule has 1 aromatic carbocycles. The Morgan fingerprint density at radius 2 is 1.94 bits per heavy atom. The molecule has 0 aliphatic rings. The fraction of sp³-hybridized carbons (Fsp3) is 0.462. The number of carbonyl (C=O) groups is 1. The maximum absolute atomic E-state index is 10.8. The maximum atomic E-state index is 10.8. The van der Waals surface area contributed by atoms with Crippen LogP contribution in [0, 0.1) is 0 Å². The van der Waals surface area contributed by atoms with Gasteiger partial charge in [-0.1, -0.05) is 12.1 Å². The highest BCUT2D eigenvalue weighted by molar-refractivity contribution is 5.85. The zero-order valence-electron chi connectivity index (χ0n) is 10.9. The van der Waals surface area contributed by atoms with Crippen LogP contribution in [0.4, 0.5) is 0 Å². The summed E-state index contributed by atoms with van der Waals surface area (Å²) in [6.07, 6.45) is 0.831. The van der Waals surface area contributed by atoms with E-state index in [1.165, 1.54) is 5.56 Å². The lowest BCUT2D eigenvalue weighted by molar-refractivity contribution is -0.142. The van der Waals surface area contributed by atoms with E-state index in [2.05, 4.69) is 0 Å². The van der Waals surface area contributed by atoms with Gasteiger partial charge in [0.15, 0.2) is 0 Å². The normalized spacial score (nSPS) is 11.8. The SMILES string of the molecule is COc1ccc(CCN(C)C(C)C(=O)O)cc1.Cl. The van der Waals surface area contributed by atoms with Crippen LogP contribution in [0.3, 0.4) is 0 Å². The maximum Gasteiger partial charge on any atom is 0.320 e. The molecule has 0 radical (unpaired) electrons. The van der Waals surface area contributed by atoms with Gasteiger partial charge in [-0.15, -0.1) is 12.4 Å². The van der Waals surface area contributed by atoms with E-state index in [1.54, 1.807) is 14.0 Å². The summed E-state index contributed by atoms with van der Waals surface area (Å²) < 4.78 is 5.08.